The molecule has 18 heavy (non-hydrogen) atoms. The number of hydrogen-bond donors (Lipinski definition) is 1. The first-order chi connectivity index (χ1) is 8.70. The van der Waals surface area contributed by atoms with Gasteiger partial charge in [0.05, 0.1) is 11.3 Å². The molecule has 0 aliphatic heterocycles. The number of furan rings is 1. The summed E-state index contributed by atoms with van der Waals surface area (Å²) < 4.78 is 10.0. The van der Waals surface area contributed by atoms with Crippen LogP contribution < -0.4 is 5.32 Å². The molecule has 0 atom stereocenters. The molecule has 1 heterocycles. The van der Waals surface area contributed by atoms with Crippen LogP contribution >= 0.6 is 11.6 Å². The number of rotatable bonds is 4. The summed E-state index contributed by atoms with van der Waals surface area (Å²) in [5, 5.41) is 3.27. The van der Waals surface area contributed by atoms with E-state index >= 15 is 0 Å². The van der Waals surface area contributed by atoms with Crippen molar-refractivity contribution in [3.63, 3.8) is 0 Å². The lowest BCUT2D eigenvalue weighted by Gasteiger charge is -2.07. The summed E-state index contributed by atoms with van der Waals surface area (Å²) in [6, 6.07) is 8.78. The number of benzene rings is 1. The van der Waals surface area contributed by atoms with Crippen molar-refractivity contribution in [2.75, 3.05) is 19.0 Å². The fraction of sp³-hybridized carbons (Fsp3) is 0.154. The van der Waals surface area contributed by atoms with Gasteiger partial charge >= 0.3 is 0 Å². The zero-order valence-corrected chi connectivity index (χ0v) is 10.5. The van der Waals surface area contributed by atoms with Crippen LogP contribution in [0.25, 0.3) is 11.3 Å². The van der Waals surface area contributed by atoms with Crippen LogP contribution in [0.2, 0.25) is 5.02 Å². The standard InChI is InChI=1S/C13H12ClNO3/c1-17-8-13(16)15-9-4-5-11(14)10(7-9)12-3-2-6-18-12/h2-7H,8H2,1H3,(H,15,16). The number of amides is 1. The lowest BCUT2D eigenvalue weighted by molar-refractivity contribution is -0.119. The van der Waals surface area contributed by atoms with Crippen molar-refractivity contribution in [1.29, 1.82) is 0 Å². The Morgan fingerprint density at radius 1 is 1.44 bits per heavy atom. The van der Waals surface area contributed by atoms with Crippen LogP contribution in [-0.4, -0.2) is 19.6 Å². The summed E-state index contributed by atoms with van der Waals surface area (Å²) in [5.74, 6) is 0.438. The molecule has 0 radical (unpaired) electrons. The molecule has 1 aromatic carbocycles. The van der Waals surface area contributed by atoms with Gasteiger partial charge in [0.25, 0.3) is 0 Å². The molecule has 2 aromatic rings. The number of anilines is 1. The molecule has 0 aliphatic rings. The van der Waals surface area contributed by atoms with Gasteiger partial charge in [-0.2, -0.15) is 0 Å². The van der Waals surface area contributed by atoms with Crippen molar-refractivity contribution < 1.29 is 13.9 Å². The average molecular weight is 266 g/mol. The molecule has 1 N–H and O–H groups in total. The van der Waals surface area contributed by atoms with Gasteiger partial charge < -0.3 is 14.5 Å². The molecule has 94 valence electrons. The Morgan fingerprint density at radius 2 is 2.28 bits per heavy atom. The maximum Gasteiger partial charge on any atom is 0.250 e. The van der Waals surface area contributed by atoms with Gasteiger partial charge in [0, 0.05) is 18.4 Å². The predicted octanol–water partition coefficient (Wildman–Crippen LogP) is 3.18. The molecular weight excluding hydrogens is 254 g/mol. The number of ether oxygens (including phenoxy) is 1. The lowest BCUT2D eigenvalue weighted by Crippen LogP contribution is -2.17. The quantitative estimate of drug-likeness (QED) is 0.924. The minimum atomic E-state index is -0.217. The van der Waals surface area contributed by atoms with E-state index in [0.717, 1.165) is 5.56 Å². The zero-order chi connectivity index (χ0) is 13.0. The molecule has 0 saturated carbocycles. The molecule has 0 spiro atoms. The van der Waals surface area contributed by atoms with E-state index in [4.69, 9.17) is 20.8 Å². The van der Waals surface area contributed by atoms with Gasteiger partial charge in [-0.3, -0.25) is 4.79 Å². The molecule has 1 aromatic heterocycles. The Kier molecular flexibility index (Phi) is 4.02. The van der Waals surface area contributed by atoms with E-state index in [1.807, 2.05) is 6.07 Å². The molecule has 0 bridgehead atoms. The maximum absolute atomic E-state index is 11.4. The summed E-state index contributed by atoms with van der Waals surface area (Å²) in [4.78, 5) is 11.4. The van der Waals surface area contributed by atoms with Gasteiger partial charge in [-0.1, -0.05) is 11.6 Å². The van der Waals surface area contributed by atoms with Crippen molar-refractivity contribution >= 4 is 23.2 Å². The predicted molar refractivity (Wildman–Crippen MR) is 69.7 cm³/mol. The monoisotopic (exact) mass is 265 g/mol. The molecule has 1 amide bonds. The number of hydrogen-bond acceptors (Lipinski definition) is 3. The van der Waals surface area contributed by atoms with E-state index in [-0.39, 0.29) is 12.5 Å². The van der Waals surface area contributed by atoms with Crippen LogP contribution in [0.5, 0.6) is 0 Å². The molecule has 0 aliphatic carbocycles. The van der Waals surface area contributed by atoms with Crippen LogP contribution in [0.4, 0.5) is 5.69 Å². The molecule has 5 heteroatoms. The number of carbonyl (C=O) groups excluding carboxylic acids is 1. The third-order valence-electron chi connectivity index (χ3n) is 2.31. The number of methoxy groups -OCH3 is 1. The molecule has 2 rings (SSSR count). The second kappa shape index (κ2) is 5.71. The van der Waals surface area contributed by atoms with Crippen molar-refractivity contribution in [2.24, 2.45) is 0 Å². The third-order valence-corrected chi connectivity index (χ3v) is 2.64. The maximum atomic E-state index is 11.4. The van der Waals surface area contributed by atoms with Crippen molar-refractivity contribution in [3.05, 3.63) is 41.6 Å². The summed E-state index contributed by atoms with van der Waals surface area (Å²) in [6.07, 6.45) is 1.57. The number of nitrogens with one attached hydrogen (secondary N) is 1. The van der Waals surface area contributed by atoms with E-state index < -0.39 is 0 Å². The van der Waals surface area contributed by atoms with Crippen LogP contribution in [0.3, 0.4) is 0 Å². The second-order valence-electron chi connectivity index (χ2n) is 3.65. The van der Waals surface area contributed by atoms with Crippen molar-refractivity contribution in [2.45, 2.75) is 0 Å². The number of carbonyl (C=O) groups is 1. The highest BCUT2D eigenvalue weighted by atomic mass is 35.5. The first-order valence-corrected chi connectivity index (χ1v) is 5.70. The molecule has 0 unspecified atom stereocenters. The first-order valence-electron chi connectivity index (χ1n) is 5.33. The summed E-state index contributed by atoms with van der Waals surface area (Å²) in [6.45, 7) is 0.0126. The summed E-state index contributed by atoms with van der Waals surface area (Å²) in [5.41, 5.74) is 1.38. The minimum Gasteiger partial charge on any atom is -0.464 e. The van der Waals surface area contributed by atoms with Crippen molar-refractivity contribution in [1.82, 2.24) is 0 Å². The van der Waals surface area contributed by atoms with Crippen LogP contribution in [0.1, 0.15) is 0 Å². The highest BCUT2D eigenvalue weighted by Crippen LogP contribution is 2.30. The Hall–Kier alpha value is -1.78. The van der Waals surface area contributed by atoms with Gasteiger partial charge in [-0.25, -0.2) is 0 Å². The van der Waals surface area contributed by atoms with Crippen molar-refractivity contribution in [3.8, 4) is 11.3 Å². The normalized spacial score (nSPS) is 10.3. The summed E-state index contributed by atoms with van der Waals surface area (Å²) >= 11 is 6.09. The van der Waals surface area contributed by atoms with E-state index in [2.05, 4.69) is 5.32 Å². The van der Waals surface area contributed by atoms with Gasteiger partial charge in [0.15, 0.2) is 0 Å². The lowest BCUT2D eigenvalue weighted by atomic mass is 10.1. The Balaban J connectivity index is 2.24. The second-order valence-corrected chi connectivity index (χ2v) is 4.06. The molecule has 4 nitrogen and oxygen atoms in total. The Bertz CT molecular complexity index is 537. The van der Waals surface area contributed by atoms with Crippen LogP contribution in [0.15, 0.2) is 41.0 Å². The smallest absolute Gasteiger partial charge is 0.250 e. The highest BCUT2D eigenvalue weighted by Gasteiger charge is 2.09. The molecule has 0 saturated heterocycles. The zero-order valence-electron chi connectivity index (χ0n) is 9.77. The van der Waals surface area contributed by atoms with Gasteiger partial charge in [-0.15, -0.1) is 0 Å². The van der Waals surface area contributed by atoms with E-state index in [1.165, 1.54) is 7.11 Å². The largest absolute Gasteiger partial charge is 0.464 e. The SMILES string of the molecule is COCC(=O)Nc1ccc(Cl)c(-c2ccco2)c1. The summed E-state index contributed by atoms with van der Waals surface area (Å²) in [7, 11) is 1.47. The van der Waals surface area contributed by atoms with Crippen LogP contribution in [-0.2, 0) is 9.53 Å². The molecular formula is C13H12ClNO3. The van der Waals surface area contributed by atoms with Gasteiger partial charge in [0.1, 0.15) is 12.4 Å². The third kappa shape index (κ3) is 2.91. The Labute approximate surface area is 110 Å². The fourth-order valence-electron chi connectivity index (χ4n) is 1.55. The molecule has 0 fully saturated rings. The number of halogens is 1. The highest BCUT2D eigenvalue weighted by molar-refractivity contribution is 6.33. The first kappa shape index (κ1) is 12.7. The van der Waals surface area contributed by atoms with Crippen LogP contribution in [0, 0.1) is 0 Å². The topological polar surface area (TPSA) is 51.5 Å². The van der Waals surface area contributed by atoms with E-state index in [9.17, 15) is 4.79 Å². The van der Waals surface area contributed by atoms with Gasteiger partial charge in [0.2, 0.25) is 5.91 Å². The average Bonchev–Trinajstić information content (AvgIpc) is 2.85. The minimum absolute atomic E-state index is 0.0126. The Morgan fingerprint density at radius 3 is 2.94 bits per heavy atom. The fourth-order valence-corrected chi connectivity index (χ4v) is 1.76. The van der Waals surface area contributed by atoms with E-state index in [1.54, 1.807) is 30.5 Å². The van der Waals surface area contributed by atoms with E-state index in [0.29, 0.717) is 16.5 Å². The van der Waals surface area contributed by atoms with Gasteiger partial charge in [-0.05, 0) is 30.3 Å².